The Kier molecular flexibility index (Phi) is 12.3. The first kappa shape index (κ1) is 38.4. The molecule has 1 atom stereocenters. The molecule has 0 spiro atoms. The third-order valence-corrected chi connectivity index (χ3v) is 11.2. The molecule has 2 heterocycles. The van der Waals surface area contributed by atoms with Crippen molar-refractivity contribution < 1.29 is 28.7 Å². The number of rotatable bonds is 12. The van der Waals surface area contributed by atoms with Crippen molar-refractivity contribution in [3.05, 3.63) is 142 Å². The molecule has 278 valence electrons. The number of thiophene rings is 1. The van der Waals surface area contributed by atoms with Crippen molar-refractivity contribution in [1.29, 1.82) is 5.26 Å². The lowest BCUT2D eigenvalue weighted by Crippen LogP contribution is -2.33. The molecule has 0 fully saturated rings. The van der Waals surface area contributed by atoms with Gasteiger partial charge in [-0.15, -0.1) is 23.1 Å². The Bertz CT molecular complexity index is 2300. The maximum atomic E-state index is 14.1. The van der Waals surface area contributed by atoms with Crippen molar-refractivity contribution >= 4 is 63.5 Å². The molecule has 1 aromatic heterocycles. The van der Waals surface area contributed by atoms with Gasteiger partial charge in [0.05, 0.1) is 26.3 Å². The Morgan fingerprint density at radius 1 is 0.909 bits per heavy atom. The Morgan fingerprint density at radius 3 is 2.33 bits per heavy atom. The molecule has 0 bridgehead atoms. The Hall–Kier alpha value is -6.36. The van der Waals surface area contributed by atoms with Gasteiger partial charge in [0, 0.05) is 40.1 Å². The van der Waals surface area contributed by atoms with Crippen LogP contribution in [-0.2, 0) is 27.3 Å². The van der Waals surface area contributed by atoms with Crippen LogP contribution < -0.4 is 25.4 Å². The molecule has 0 radical (unpaired) electrons. The summed E-state index contributed by atoms with van der Waals surface area (Å²) >= 11 is 2.60. The monoisotopic (exact) mass is 771 g/mol. The predicted octanol–water partition coefficient (Wildman–Crippen LogP) is 7.42. The van der Waals surface area contributed by atoms with E-state index in [0.717, 1.165) is 16.0 Å². The number of hydrogen-bond acceptors (Lipinski definition) is 9. The van der Waals surface area contributed by atoms with E-state index in [1.54, 1.807) is 71.6 Å². The number of nitrogens with one attached hydrogen (secondary N) is 3. The lowest BCUT2D eigenvalue weighted by molar-refractivity contribution is -0.129. The SMILES string of the molecule is COc1cccc(/C=C(/NC(=O)c2ccccc2)C(=O)Nc2cccc(SC(C(=O)Nc3sc4c(c3C#N)CCN(C(C)=O)C4)c3ccccc3)c2)c1OC. The Balaban J connectivity index is 1.26. The second-order valence-corrected chi connectivity index (χ2v) is 14.6. The molecule has 0 saturated carbocycles. The molecule has 1 aliphatic heterocycles. The van der Waals surface area contributed by atoms with Crippen LogP contribution in [0.1, 0.15) is 49.7 Å². The number of carbonyl (C=O) groups is 4. The van der Waals surface area contributed by atoms with Gasteiger partial charge in [-0.1, -0.05) is 66.7 Å². The minimum absolute atomic E-state index is 0.0385. The summed E-state index contributed by atoms with van der Waals surface area (Å²) in [5, 5.41) is 18.4. The molecule has 4 amide bonds. The summed E-state index contributed by atoms with van der Waals surface area (Å²) in [5.41, 5.74) is 3.28. The van der Waals surface area contributed by atoms with Crippen LogP contribution in [0.15, 0.2) is 114 Å². The highest BCUT2D eigenvalue weighted by molar-refractivity contribution is 8.00. The van der Waals surface area contributed by atoms with E-state index in [4.69, 9.17) is 9.47 Å². The number of nitriles is 1. The van der Waals surface area contributed by atoms with E-state index in [9.17, 15) is 24.4 Å². The maximum absolute atomic E-state index is 14.1. The fourth-order valence-corrected chi connectivity index (χ4v) is 8.36. The molecule has 6 rings (SSSR count). The van der Waals surface area contributed by atoms with Gasteiger partial charge in [0.15, 0.2) is 11.5 Å². The largest absolute Gasteiger partial charge is 0.493 e. The van der Waals surface area contributed by atoms with Crippen LogP contribution in [-0.4, -0.2) is 49.3 Å². The standard InChI is InChI=1S/C42H37N5O6S2/c1-26(48)47-21-20-32-33(24-43)42(55-36(32)25-47)46-41(51)38(27-12-6-4-7-13-27)54-31-18-11-17-30(23-31)44-40(50)34(45-39(49)28-14-8-5-9-15-28)22-29-16-10-19-35(52-2)37(29)53-3/h4-19,22-23,38H,20-21,25H2,1-3H3,(H,44,50)(H,45,49)(H,46,51)/b34-22+. The van der Waals surface area contributed by atoms with E-state index in [0.29, 0.717) is 63.3 Å². The highest BCUT2D eigenvalue weighted by atomic mass is 32.2. The van der Waals surface area contributed by atoms with Gasteiger partial charge in [0.2, 0.25) is 11.8 Å². The number of ether oxygens (including phenoxy) is 2. The second kappa shape index (κ2) is 17.6. The summed E-state index contributed by atoms with van der Waals surface area (Å²) < 4.78 is 11.0. The van der Waals surface area contributed by atoms with E-state index < -0.39 is 17.1 Å². The summed E-state index contributed by atoms with van der Waals surface area (Å²) in [7, 11) is 3.00. The first-order chi connectivity index (χ1) is 26.7. The van der Waals surface area contributed by atoms with Gasteiger partial charge >= 0.3 is 0 Å². The zero-order valence-electron chi connectivity index (χ0n) is 30.3. The summed E-state index contributed by atoms with van der Waals surface area (Å²) in [6, 6.07) is 32.4. The molecule has 3 N–H and O–H groups in total. The number of carbonyl (C=O) groups excluding carboxylic acids is 4. The predicted molar refractivity (Wildman–Crippen MR) is 214 cm³/mol. The smallest absolute Gasteiger partial charge is 0.272 e. The third kappa shape index (κ3) is 9.06. The summed E-state index contributed by atoms with van der Waals surface area (Å²) in [6.07, 6.45) is 2.06. The van der Waals surface area contributed by atoms with Crippen molar-refractivity contribution in [1.82, 2.24) is 10.2 Å². The van der Waals surface area contributed by atoms with Crippen molar-refractivity contribution in [2.24, 2.45) is 0 Å². The van der Waals surface area contributed by atoms with E-state index in [2.05, 4.69) is 22.0 Å². The molecule has 1 unspecified atom stereocenters. The summed E-state index contributed by atoms with van der Waals surface area (Å²) in [4.78, 5) is 56.6. The highest BCUT2D eigenvalue weighted by Gasteiger charge is 2.29. The van der Waals surface area contributed by atoms with Gasteiger partial charge in [0.1, 0.15) is 22.0 Å². The molecule has 5 aromatic rings. The second-order valence-electron chi connectivity index (χ2n) is 12.4. The van der Waals surface area contributed by atoms with E-state index in [1.807, 2.05) is 36.4 Å². The topological polar surface area (TPSA) is 150 Å². The number of methoxy groups -OCH3 is 2. The number of nitrogens with zero attached hydrogens (tertiary/aromatic N) is 2. The number of amides is 4. The normalized spacial score (nSPS) is 12.8. The summed E-state index contributed by atoms with van der Waals surface area (Å²) in [6.45, 7) is 2.44. The zero-order valence-corrected chi connectivity index (χ0v) is 31.9. The first-order valence-corrected chi connectivity index (χ1v) is 18.9. The van der Waals surface area contributed by atoms with Crippen molar-refractivity contribution in [3.63, 3.8) is 0 Å². The minimum atomic E-state index is -0.729. The van der Waals surface area contributed by atoms with Gasteiger partial charge < -0.3 is 30.3 Å². The fraction of sp³-hybridized carbons (Fsp3) is 0.167. The number of thioether (sulfide) groups is 1. The van der Waals surface area contributed by atoms with Gasteiger partial charge in [-0.2, -0.15) is 5.26 Å². The van der Waals surface area contributed by atoms with Gasteiger partial charge in [-0.25, -0.2) is 0 Å². The zero-order chi connectivity index (χ0) is 38.9. The van der Waals surface area contributed by atoms with Crippen LogP contribution >= 0.6 is 23.1 Å². The molecule has 11 nitrogen and oxygen atoms in total. The fourth-order valence-electron chi connectivity index (χ4n) is 6.06. The van der Waals surface area contributed by atoms with Crippen LogP contribution in [0.5, 0.6) is 11.5 Å². The van der Waals surface area contributed by atoms with Crippen molar-refractivity contribution in [2.45, 2.75) is 30.0 Å². The number of hydrogen-bond donors (Lipinski definition) is 3. The van der Waals surface area contributed by atoms with Crippen molar-refractivity contribution in [3.8, 4) is 17.6 Å². The van der Waals surface area contributed by atoms with Crippen LogP contribution in [0.4, 0.5) is 10.7 Å². The summed E-state index contributed by atoms with van der Waals surface area (Å²) in [5.74, 6) is -0.603. The van der Waals surface area contributed by atoms with Crippen LogP contribution in [0.3, 0.4) is 0 Å². The van der Waals surface area contributed by atoms with E-state index in [-0.39, 0.29) is 17.5 Å². The average Bonchev–Trinajstić information content (AvgIpc) is 3.56. The van der Waals surface area contributed by atoms with E-state index in [1.165, 1.54) is 50.3 Å². The van der Waals surface area contributed by atoms with Gasteiger partial charge in [0.25, 0.3) is 11.8 Å². The number of fused-ring (bicyclic) bond motifs is 1. The molecule has 0 saturated heterocycles. The van der Waals surface area contributed by atoms with Crippen LogP contribution in [0.25, 0.3) is 6.08 Å². The van der Waals surface area contributed by atoms with Gasteiger partial charge in [-0.3, -0.25) is 19.2 Å². The maximum Gasteiger partial charge on any atom is 0.272 e. The molecule has 1 aliphatic rings. The molecule has 55 heavy (non-hydrogen) atoms. The molecule has 4 aromatic carbocycles. The van der Waals surface area contributed by atoms with Crippen LogP contribution in [0, 0.1) is 11.3 Å². The minimum Gasteiger partial charge on any atom is -0.493 e. The molecular weight excluding hydrogens is 735 g/mol. The highest BCUT2D eigenvalue weighted by Crippen LogP contribution is 2.41. The molecular formula is C42H37N5O6S2. The number of benzene rings is 4. The first-order valence-electron chi connectivity index (χ1n) is 17.2. The lowest BCUT2D eigenvalue weighted by atomic mass is 10.0. The Morgan fingerprint density at radius 2 is 1.64 bits per heavy atom. The van der Waals surface area contributed by atoms with Crippen LogP contribution in [0.2, 0.25) is 0 Å². The average molecular weight is 772 g/mol. The lowest BCUT2D eigenvalue weighted by Gasteiger charge is -2.25. The molecule has 13 heteroatoms. The Labute approximate surface area is 327 Å². The number of para-hydroxylation sites is 1. The van der Waals surface area contributed by atoms with E-state index >= 15 is 0 Å². The van der Waals surface area contributed by atoms with Gasteiger partial charge in [-0.05, 0) is 60.0 Å². The van der Waals surface area contributed by atoms with Crippen molar-refractivity contribution in [2.75, 3.05) is 31.4 Å². The number of anilines is 2. The quantitative estimate of drug-likeness (QED) is 0.0877. The third-order valence-electron chi connectivity index (χ3n) is 8.80. The molecule has 0 aliphatic carbocycles.